The molecule has 1 atom stereocenters. The fourth-order valence-electron chi connectivity index (χ4n) is 2.76. The van der Waals surface area contributed by atoms with E-state index in [4.69, 9.17) is 0 Å². The molecule has 21 heavy (non-hydrogen) atoms. The molecule has 6 heteroatoms. The van der Waals surface area contributed by atoms with E-state index in [-0.39, 0.29) is 17.5 Å². The number of benzene rings is 1. The molecule has 1 aliphatic heterocycles. The lowest BCUT2D eigenvalue weighted by molar-refractivity contribution is -0.155. The molecule has 1 aromatic rings. The van der Waals surface area contributed by atoms with E-state index in [0.29, 0.717) is 30.7 Å². The molecule has 0 spiro atoms. The van der Waals surface area contributed by atoms with E-state index in [1.807, 2.05) is 0 Å². The molecular weight excluding hydrogens is 293 g/mol. The average Bonchev–Trinajstić information content (AvgIpc) is 2.91. The number of carboxylic acid groups (broad SMARTS) is 1. The lowest BCUT2D eigenvalue weighted by Gasteiger charge is -2.33. The van der Waals surface area contributed by atoms with Crippen LogP contribution in [0.4, 0.5) is 4.39 Å². The molecule has 1 fully saturated rings. The molecule has 2 rings (SSSR count). The highest BCUT2D eigenvalue weighted by Crippen LogP contribution is 2.34. The number of rotatable bonds is 5. The zero-order valence-electron chi connectivity index (χ0n) is 11.8. The zero-order valence-corrected chi connectivity index (χ0v) is 12.7. The second kappa shape index (κ2) is 6.47. The molecule has 1 aliphatic rings. The summed E-state index contributed by atoms with van der Waals surface area (Å²) < 4.78 is 13.5. The second-order valence-corrected chi connectivity index (χ2v) is 6.08. The Balaban J connectivity index is 2.06. The van der Waals surface area contributed by atoms with Crippen molar-refractivity contribution in [3.63, 3.8) is 0 Å². The van der Waals surface area contributed by atoms with E-state index >= 15 is 0 Å². The van der Waals surface area contributed by atoms with Crippen molar-refractivity contribution < 1.29 is 19.1 Å². The normalized spacial score (nSPS) is 21.5. The monoisotopic (exact) mass is 311 g/mol. The smallest absolute Gasteiger partial charge is 0.329 e. The number of carboxylic acids is 1. The van der Waals surface area contributed by atoms with Crippen LogP contribution in [-0.4, -0.2) is 39.7 Å². The van der Waals surface area contributed by atoms with Gasteiger partial charge < -0.3 is 10.0 Å². The Morgan fingerprint density at radius 2 is 2.14 bits per heavy atom. The van der Waals surface area contributed by atoms with Crippen LogP contribution in [-0.2, 0) is 9.59 Å². The van der Waals surface area contributed by atoms with Gasteiger partial charge in [-0.3, -0.25) is 4.79 Å². The van der Waals surface area contributed by atoms with Crippen molar-refractivity contribution in [3.8, 4) is 0 Å². The van der Waals surface area contributed by atoms with Gasteiger partial charge in [-0.2, -0.15) is 0 Å². The third-order valence-electron chi connectivity index (χ3n) is 3.96. The van der Waals surface area contributed by atoms with Crippen molar-refractivity contribution in [3.05, 3.63) is 30.1 Å². The van der Waals surface area contributed by atoms with Gasteiger partial charge in [-0.05, 0) is 31.4 Å². The summed E-state index contributed by atoms with van der Waals surface area (Å²) in [6.45, 7) is 2.24. The molecule has 114 valence electrons. The topological polar surface area (TPSA) is 57.6 Å². The number of thioether (sulfide) groups is 1. The number of aliphatic carboxylic acids is 1. The van der Waals surface area contributed by atoms with Crippen molar-refractivity contribution in [2.45, 2.75) is 36.6 Å². The molecule has 0 aliphatic carbocycles. The summed E-state index contributed by atoms with van der Waals surface area (Å²) in [6, 6.07) is 6.26. The Morgan fingerprint density at radius 3 is 2.76 bits per heavy atom. The Kier molecular flexibility index (Phi) is 4.88. The van der Waals surface area contributed by atoms with Gasteiger partial charge >= 0.3 is 5.97 Å². The van der Waals surface area contributed by atoms with Gasteiger partial charge in [0.05, 0.1) is 5.75 Å². The van der Waals surface area contributed by atoms with Crippen LogP contribution in [0, 0.1) is 5.82 Å². The van der Waals surface area contributed by atoms with Crippen LogP contribution in [0.3, 0.4) is 0 Å². The number of carbonyl (C=O) groups is 2. The standard InChI is InChI=1S/C15H18FNO3S/c1-2-15(14(19)20)8-5-9-17(15)13(18)10-21-12-7-4-3-6-11(12)16/h3-4,6-7H,2,5,8-10H2,1H3,(H,19,20). The number of amides is 1. The third kappa shape index (κ3) is 3.05. The van der Waals surface area contributed by atoms with Crippen LogP contribution in [0.5, 0.6) is 0 Å². The summed E-state index contributed by atoms with van der Waals surface area (Å²) >= 11 is 1.11. The van der Waals surface area contributed by atoms with Gasteiger partial charge in [0.25, 0.3) is 0 Å². The molecule has 4 nitrogen and oxygen atoms in total. The lowest BCUT2D eigenvalue weighted by atomic mass is 9.93. The maximum absolute atomic E-state index is 13.5. The Bertz CT molecular complexity index is 551. The van der Waals surface area contributed by atoms with Crippen molar-refractivity contribution in [1.29, 1.82) is 0 Å². The summed E-state index contributed by atoms with van der Waals surface area (Å²) in [5.74, 6) is -1.51. The summed E-state index contributed by atoms with van der Waals surface area (Å²) in [4.78, 5) is 25.7. The van der Waals surface area contributed by atoms with E-state index in [1.165, 1.54) is 11.0 Å². The zero-order chi connectivity index (χ0) is 15.5. The number of hydrogen-bond acceptors (Lipinski definition) is 3. The SMILES string of the molecule is CCC1(C(=O)O)CCCN1C(=O)CSc1ccccc1F. The van der Waals surface area contributed by atoms with E-state index in [2.05, 4.69) is 0 Å². The van der Waals surface area contributed by atoms with E-state index in [0.717, 1.165) is 11.8 Å². The summed E-state index contributed by atoms with van der Waals surface area (Å²) in [7, 11) is 0. The van der Waals surface area contributed by atoms with E-state index < -0.39 is 11.5 Å². The Morgan fingerprint density at radius 1 is 1.43 bits per heavy atom. The molecule has 1 unspecified atom stereocenters. The third-order valence-corrected chi connectivity index (χ3v) is 4.99. The quantitative estimate of drug-likeness (QED) is 0.850. The van der Waals surface area contributed by atoms with Gasteiger partial charge in [-0.1, -0.05) is 19.1 Å². The van der Waals surface area contributed by atoms with Gasteiger partial charge in [-0.25, -0.2) is 9.18 Å². The van der Waals surface area contributed by atoms with Crippen molar-refractivity contribution >= 4 is 23.6 Å². The van der Waals surface area contributed by atoms with Crippen LogP contribution in [0.25, 0.3) is 0 Å². The maximum atomic E-state index is 13.5. The molecule has 1 saturated heterocycles. The molecule has 1 amide bonds. The van der Waals surface area contributed by atoms with Crippen LogP contribution < -0.4 is 0 Å². The number of likely N-dealkylation sites (tertiary alicyclic amines) is 1. The second-order valence-electron chi connectivity index (χ2n) is 5.06. The van der Waals surface area contributed by atoms with E-state index in [9.17, 15) is 19.1 Å². The number of nitrogens with zero attached hydrogens (tertiary/aromatic N) is 1. The fourth-order valence-corrected chi connectivity index (χ4v) is 3.58. The first-order valence-corrected chi connectivity index (χ1v) is 7.91. The van der Waals surface area contributed by atoms with Gasteiger partial charge in [0.1, 0.15) is 11.4 Å². The van der Waals surface area contributed by atoms with Crippen LogP contribution in [0.1, 0.15) is 26.2 Å². The van der Waals surface area contributed by atoms with Gasteiger partial charge in [0.15, 0.2) is 0 Å². The average molecular weight is 311 g/mol. The van der Waals surface area contributed by atoms with Crippen LogP contribution >= 0.6 is 11.8 Å². The highest BCUT2D eigenvalue weighted by Gasteiger charge is 2.48. The van der Waals surface area contributed by atoms with Crippen LogP contribution in [0.15, 0.2) is 29.2 Å². The predicted molar refractivity (Wildman–Crippen MR) is 78.7 cm³/mol. The molecule has 0 saturated carbocycles. The minimum atomic E-state index is -1.09. The first-order valence-electron chi connectivity index (χ1n) is 6.92. The number of halogens is 1. The summed E-state index contributed by atoms with van der Waals surface area (Å²) in [5.41, 5.74) is -1.09. The number of carbonyl (C=O) groups excluding carboxylic acids is 1. The molecule has 1 aromatic carbocycles. The van der Waals surface area contributed by atoms with Gasteiger partial charge in [0, 0.05) is 11.4 Å². The molecule has 1 heterocycles. The Hall–Kier alpha value is -1.56. The Labute approximate surface area is 127 Å². The molecule has 0 radical (unpaired) electrons. The first kappa shape index (κ1) is 15.8. The molecule has 1 N–H and O–H groups in total. The lowest BCUT2D eigenvalue weighted by Crippen LogP contribution is -2.53. The first-order chi connectivity index (χ1) is 10.0. The summed E-state index contributed by atoms with van der Waals surface area (Å²) in [5, 5.41) is 9.45. The molecule has 0 bridgehead atoms. The largest absolute Gasteiger partial charge is 0.479 e. The van der Waals surface area contributed by atoms with Gasteiger partial charge in [0.2, 0.25) is 5.91 Å². The highest BCUT2D eigenvalue weighted by atomic mass is 32.2. The minimum absolute atomic E-state index is 0.0516. The fraction of sp³-hybridized carbons (Fsp3) is 0.467. The van der Waals surface area contributed by atoms with Crippen molar-refractivity contribution in [2.24, 2.45) is 0 Å². The van der Waals surface area contributed by atoms with Crippen molar-refractivity contribution in [1.82, 2.24) is 4.90 Å². The molecular formula is C15H18FNO3S. The predicted octanol–water partition coefficient (Wildman–Crippen LogP) is 2.77. The van der Waals surface area contributed by atoms with Crippen LogP contribution in [0.2, 0.25) is 0 Å². The minimum Gasteiger partial charge on any atom is -0.479 e. The maximum Gasteiger partial charge on any atom is 0.329 e. The van der Waals surface area contributed by atoms with Gasteiger partial charge in [-0.15, -0.1) is 11.8 Å². The van der Waals surface area contributed by atoms with Crippen molar-refractivity contribution in [2.75, 3.05) is 12.3 Å². The highest BCUT2D eigenvalue weighted by molar-refractivity contribution is 8.00. The van der Waals surface area contributed by atoms with E-state index in [1.54, 1.807) is 25.1 Å². The summed E-state index contributed by atoms with van der Waals surface area (Å²) in [6.07, 6.45) is 1.56. The number of hydrogen-bond donors (Lipinski definition) is 1. The molecule has 0 aromatic heterocycles.